The zero-order valence-electron chi connectivity index (χ0n) is 12.8. The van der Waals surface area contributed by atoms with Crippen molar-refractivity contribution in [2.75, 3.05) is 20.3 Å². The molecule has 0 amide bonds. The van der Waals surface area contributed by atoms with Gasteiger partial charge in [0.15, 0.2) is 0 Å². The Balaban J connectivity index is 1.97. The lowest BCUT2D eigenvalue weighted by molar-refractivity contribution is 0.172. The molecule has 0 heterocycles. The molecule has 0 radical (unpaired) electrons. The first kappa shape index (κ1) is 16.3. The fraction of sp³-hybridized carbons (Fsp3) is 0.333. The van der Waals surface area contributed by atoms with Crippen molar-refractivity contribution in [3.63, 3.8) is 0 Å². The lowest BCUT2D eigenvalue weighted by atomic mass is 10.2. The molecule has 22 heavy (non-hydrogen) atoms. The van der Waals surface area contributed by atoms with Crippen LogP contribution in [-0.2, 0) is 18.0 Å². The molecule has 0 unspecified atom stereocenters. The Kier molecular flexibility index (Phi) is 6.74. The van der Waals surface area contributed by atoms with E-state index in [1.165, 1.54) is 0 Å². The van der Waals surface area contributed by atoms with E-state index < -0.39 is 0 Å². The Labute approximate surface area is 131 Å². The third-order valence-corrected chi connectivity index (χ3v) is 3.13. The van der Waals surface area contributed by atoms with Crippen LogP contribution in [0.25, 0.3) is 0 Å². The molecular formula is C18H22O4. The van der Waals surface area contributed by atoms with Gasteiger partial charge in [-0.2, -0.15) is 0 Å². The summed E-state index contributed by atoms with van der Waals surface area (Å²) in [7, 11) is 1.67. The molecule has 0 spiro atoms. The van der Waals surface area contributed by atoms with Crippen molar-refractivity contribution >= 4 is 0 Å². The third-order valence-electron chi connectivity index (χ3n) is 3.13. The molecular weight excluding hydrogens is 280 g/mol. The number of hydrogen-bond acceptors (Lipinski definition) is 4. The topological polar surface area (TPSA) is 47.9 Å². The van der Waals surface area contributed by atoms with Crippen LogP contribution in [-0.4, -0.2) is 25.4 Å². The minimum absolute atomic E-state index is 0.0447. The summed E-state index contributed by atoms with van der Waals surface area (Å²) in [6.45, 7) is 1.67. The number of hydrogen-bond donors (Lipinski definition) is 1. The highest BCUT2D eigenvalue weighted by molar-refractivity contribution is 5.38. The van der Waals surface area contributed by atoms with E-state index in [-0.39, 0.29) is 6.61 Å². The minimum atomic E-state index is -0.0447. The molecule has 0 aliphatic heterocycles. The van der Waals surface area contributed by atoms with Crippen LogP contribution in [0.15, 0.2) is 48.5 Å². The molecule has 0 atom stereocenters. The van der Waals surface area contributed by atoms with Crippen molar-refractivity contribution < 1.29 is 19.3 Å². The van der Waals surface area contributed by atoms with E-state index in [2.05, 4.69) is 0 Å². The van der Waals surface area contributed by atoms with Gasteiger partial charge in [-0.25, -0.2) is 0 Å². The number of aliphatic hydroxyl groups is 1. The zero-order valence-corrected chi connectivity index (χ0v) is 12.8. The standard InChI is InChI=1S/C18H22O4/c1-20-8-5-9-21-17-10-16(13-19)11-18(12-17)22-14-15-6-3-2-4-7-15/h2-4,6-7,10-12,19H,5,8-9,13-14H2,1H3. The van der Waals surface area contributed by atoms with E-state index in [1.807, 2.05) is 48.5 Å². The molecule has 118 valence electrons. The summed E-state index contributed by atoms with van der Waals surface area (Å²) in [5, 5.41) is 9.35. The molecule has 0 bridgehead atoms. The maximum absolute atomic E-state index is 9.35. The average molecular weight is 302 g/mol. The Bertz CT molecular complexity index is 554. The maximum Gasteiger partial charge on any atom is 0.123 e. The van der Waals surface area contributed by atoms with Gasteiger partial charge in [0.05, 0.1) is 13.2 Å². The highest BCUT2D eigenvalue weighted by atomic mass is 16.5. The van der Waals surface area contributed by atoms with Crippen LogP contribution in [0.4, 0.5) is 0 Å². The highest BCUT2D eigenvalue weighted by Gasteiger charge is 2.04. The summed E-state index contributed by atoms with van der Waals surface area (Å²) >= 11 is 0. The summed E-state index contributed by atoms with van der Waals surface area (Å²) < 4.78 is 16.5. The Morgan fingerprint density at radius 3 is 2.27 bits per heavy atom. The van der Waals surface area contributed by atoms with Gasteiger partial charge in [0, 0.05) is 26.2 Å². The molecule has 4 heteroatoms. The molecule has 0 aromatic heterocycles. The van der Waals surface area contributed by atoms with Crippen LogP contribution >= 0.6 is 0 Å². The number of ether oxygens (including phenoxy) is 3. The van der Waals surface area contributed by atoms with Gasteiger partial charge in [0.25, 0.3) is 0 Å². The second-order valence-corrected chi connectivity index (χ2v) is 4.94. The highest BCUT2D eigenvalue weighted by Crippen LogP contribution is 2.24. The summed E-state index contributed by atoms with van der Waals surface area (Å²) in [5.74, 6) is 1.39. The number of aliphatic hydroxyl groups excluding tert-OH is 1. The first-order valence-electron chi connectivity index (χ1n) is 7.35. The SMILES string of the molecule is COCCCOc1cc(CO)cc(OCc2ccccc2)c1. The first-order valence-corrected chi connectivity index (χ1v) is 7.35. The second-order valence-electron chi connectivity index (χ2n) is 4.94. The van der Waals surface area contributed by atoms with Gasteiger partial charge in [-0.3, -0.25) is 0 Å². The molecule has 2 aromatic rings. The van der Waals surface area contributed by atoms with Gasteiger partial charge >= 0.3 is 0 Å². The lowest BCUT2D eigenvalue weighted by Crippen LogP contribution is -2.02. The van der Waals surface area contributed by atoms with Gasteiger partial charge in [0.2, 0.25) is 0 Å². The number of rotatable bonds is 9. The van der Waals surface area contributed by atoms with Crippen LogP contribution < -0.4 is 9.47 Å². The van der Waals surface area contributed by atoms with Crippen molar-refractivity contribution in [3.8, 4) is 11.5 Å². The molecule has 0 saturated heterocycles. The van der Waals surface area contributed by atoms with E-state index in [0.717, 1.165) is 17.5 Å². The molecule has 1 N–H and O–H groups in total. The van der Waals surface area contributed by atoms with Gasteiger partial charge in [-0.05, 0) is 23.3 Å². The minimum Gasteiger partial charge on any atom is -0.493 e. The molecule has 0 aliphatic rings. The summed E-state index contributed by atoms with van der Waals surface area (Å²) in [6.07, 6.45) is 0.820. The molecule has 0 aliphatic carbocycles. The maximum atomic E-state index is 9.35. The van der Waals surface area contributed by atoms with E-state index in [0.29, 0.717) is 31.3 Å². The summed E-state index contributed by atoms with van der Waals surface area (Å²) in [4.78, 5) is 0. The number of benzene rings is 2. The van der Waals surface area contributed by atoms with Crippen LogP contribution in [0.5, 0.6) is 11.5 Å². The molecule has 2 aromatic carbocycles. The fourth-order valence-corrected chi connectivity index (χ4v) is 2.02. The van der Waals surface area contributed by atoms with E-state index in [4.69, 9.17) is 14.2 Å². The Hall–Kier alpha value is -2.04. The quantitative estimate of drug-likeness (QED) is 0.723. The van der Waals surface area contributed by atoms with Crippen LogP contribution in [0.1, 0.15) is 17.5 Å². The summed E-state index contributed by atoms with van der Waals surface area (Å²) in [5.41, 5.74) is 1.87. The van der Waals surface area contributed by atoms with Crippen LogP contribution in [0, 0.1) is 0 Å². The van der Waals surface area contributed by atoms with E-state index in [9.17, 15) is 5.11 Å². The van der Waals surface area contributed by atoms with Gasteiger partial charge < -0.3 is 19.3 Å². The third kappa shape index (κ3) is 5.39. The normalized spacial score (nSPS) is 10.5. The number of methoxy groups -OCH3 is 1. The predicted molar refractivity (Wildman–Crippen MR) is 85.1 cm³/mol. The Morgan fingerprint density at radius 1 is 0.864 bits per heavy atom. The largest absolute Gasteiger partial charge is 0.493 e. The predicted octanol–water partition coefficient (Wildman–Crippen LogP) is 3.17. The summed E-state index contributed by atoms with van der Waals surface area (Å²) in [6, 6.07) is 15.4. The fourth-order valence-electron chi connectivity index (χ4n) is 2.02. The smallest absolute Gasteiger partial charge is 0.123 e. The second kappa shape index (κ2) is 9.07. The zero-order chi connectivity index (χ0) is 15.6. The van der Waals surface area contributed by atoms with Crippen molar-refractivity contribution in [1.29, 1.82) is 0 Å². The first-order chi connectivity index (χ1) is 10.8. The molecule has 2 rings (SSSR count). The van der Waals surface area contributed by atoms with Gasteiger partial charge in [-0.1, -0.05) is 30.3 Å². The lowest BCUT2D eigenvalue weighted by Gasteiger charge is -2.12. The monoisotopic (exact) mass is 302 g/mol. The van der Waals surface area contributed by atoms with E-state index >= 15 is 0 Å². The van der Waals surface area contributed by atoms with Crippen molar-refractivity contribution in [3.05, 3.63) is 59.7 Å². The van der Waals surface area contributed by atoms with Crippen LogP contribution in [0.2, 0.25) is 0 Å². The van der Waals surface area contributed by atoms with Crippen molar-refractivity contribution in [1.82, 2.24) is 0 Å². The van der Waals surface area contributed by atoms with Crippen LogP contribution in [0.3, 0.4) is 0 Å². The van der Waals surface area contributed by atoms with Gasteiger partial charge in [0.1, 0.15) is 18.1 Å². The molecule has 0 fully saturated rings. The van der Waals surface area contributed by atoms with Crippen molar-refractivity contribution in [2.45, 2.75) is 19.6 Å². The van der Waals surface area contributed by atoms with Gasteiger partial charge in [-0.15, -0.1) is 0 Å². The molecule has 4 nitrogen and oxygen atoms in total. The Morgan fingerprint density at radius 2 is 1.59 bits per heavy atom. The van der Waals surface area contributed by atoms with Crippen molar-refractivity contribution in [2.24, 2.45) is 0 Å². The van der Waals surface area contributed by atoms with E-state index in [1.54, 1.807) is 7.11 Å². The average Bonchev–Trinajstić information content (AvgIpc) is 2.57. The molecule has 0 saturated carbocycles.